The third-order valence-electron chi connectivity index (χ3n) is 6.35. The molecule has 2 saturated heterocycles. The van der Waals surface area contributed by atoms with Gasteiger partial charge in [0, 0.05) is 22.5 Å². The molecule has 0 aromatic heterocycles. The lowest BCUT2D eigenvalue weighted by atomic mass is 9.77. The standard InChI is InChI=1S/C23H19ClN2O5/c24-13-1-4-15(5-2-13)26-12-23-8-7-17(31-23)19(20(23)22(26)28)21(27)25-14-3-6-16-18(11-14)30-10-9-29-16/h1-8,11,17,19-20H,9-10,12H2,(H,25,27)/t17-,19+,20+,23-/m1/s1. The van der Waals surface area contributed by atoms with Crippen molar-refractivity contribution in [3.63, 3.8) is 0 Å². The lowest BCUT2D eigenvalue weighted by molar-refractivity contribution is -0.128. The number of fused-ring (bicyclic) bond motifs is 2. The van der Waals surface area contributed by atoms with Gasteiger partial charge in [0.15, 0.2) is 11.5 Å². The SMILES string of the molecule is O=C(Nc1ccc2c(c1)OCCO2)[C@@H]1[C@H]2C(=O)N(c3ccc(Cl)cc3)C[C@]23C=C[C@H]1O3. The molecule has 1 spiro atoms. The van der Waals surface area contributed by atoms with Crippen LogP contribution in [0.4, 0.5) is 11.4 Å². The van der Waals surface area contributed by atoms with Gasteiger partial charge in [0.05, 0.1) is 24.5 Å². The highest BCUT2D eigenvalue weighted by molar-refractivity contribution is 6.30. The Labute approximate surface area is 183 Å². The second-order valence-corrected chi connectivity index (χ2v) is 8.58. The normalized spacial score (nSPS) is 29.9. The monoisotopic (exact) mass is 438 g/mol. The summed E-state index contributed by atoms with van der Waals surface area (Å²) in [7, 11) is 0. The molecular formula is C23H19ClN2O5. The second-order valence-electron chi connectivity index (χ2n) is 8.15. The molecule has 0 unspecified atom stereocenters. The zero-order valence-corrected chi connectivity index (χ0v) is 17.2. The van der Waals surface area contributed by atoms with Gasteiger partial charge in [-0.15, -0.1) is 0 Å². The number of rotatable bonds is 3. The van der Waals surface area contributed by atoms with Gasteiger partial charge in [-0.25, -0.2) is 0 Å². The van der Waals surface area contributed by atoms with Crippen LogP contribution in [-0.4, -0.2) is 43.3 Å². The number of carbonyl (C=O) groups is 2. The number of halogens is 1. The van der Waals surface area contributed by atoms with E-state index in [1.54, 1.807) is 47.4 Å². The number of ether oxygens (including phenoxy) is 3. The highest BCUT2D eigenvalue weighted by Crippen LogP contribution is 2.53. The van der Waals surface area contributed by atoms with Crippen LogP contribution in [0.3, 0.4) is 0 Å². The van der Waals surface area contributed by atoms with Crippen LogP contribution in [0.25, 0.3) is 0 Å². The molecule has 8 heteroatoms. The highest BCUT2D eigenvalue weighted by atomic mass is 35.5. The van der Waals surface area contributed by atoms with Crippen LogP contribution < -0.4 is 19.7 Å². The Hall–Kier alpha value is -3.03. The van der Waals surface area contributed by atoms with E-state index in [9.17, 15) is 9.59 Å². The summed E-state index contributed by atoms with van der Waals surface area (Å²) in [5.41, 5.74) is 0.551. The van der Waals surface area contributed by atoms with Crippen LogP contribution in [0, 0.1) is 11.8 Å². The molecule has 2 bridgehead atoms. The smallest absolute Gasteiger partial charge is 0.234 e. The van der Waals surface area contributed by atoms with Gasteiger partial charge in [0.1, 0.15) is 18.8 Å². The largest absolute Gasteiger partial charge is 0.486 e. The van der Waals surface area contributed by atoms with Crippen molar-refractivity contribution in [1.29, 1.82) is 0 Å². The molecule has 7 nitrogen and oxygen atoms in total. The maximum absolute atomic E-state index is 13.4. The molecule has 2 aromatic carbocycles. The molecule has 0 saturated carbocycles. The van der Waals surface area contributed by atoms with Crippen LogP contribution >= 0.6 is 11.6 Å². The topological polar surface area (TPSA) is 77.1 Å². The molecular weight excluding hydrogens is 420 g/mol. The van der Waals surface area contributed by atoms with Crippen molar-refractivity contribution in [2.75, 3.05) is 30.0 Å². The quantitative estimate of drug-likeness (QED) is 0.745. The number of hydrogen-bond donors (Lipinski definition) is 1. The Morgan fingerprint density at radius 1 is 1.10 bits per heavy atom. The van der Waals surface area contributed by atoms with E-state index in [4.69, 9.17) is 25.8 Å². The van der Waals surface area contributed by atoms with E-state index in [-0.39, 0.29) is 11.8 Å². The van der Waals surface area contributed by atoms with Crippen LogP contribution in [0.5, 0.6) is 11.5 Å². The summed E-state index contributed by atoms with van der Waals surface area (Å²) in [5, 5.41) is 3.53. The Morgan fingerprint density at radius 3 is 2.68 bits per heavy atom. The second kappa shape index (κ2) is 6.73. The molecule has 4 atom stereocenters. The minimum Gasteiger partial charge on any atom is -0.486 e. The molecule has 6 rings (SSSR count). The van der Waals surface area contributed by atoms with Gasteiger partial charge in [0.2, 0.25) is 11.8 Å². The van der Waals surface area contributed by atoms with Gasteiger partial charge in [-0.1, -0.05) is 23.8 Å². The van der Waals surface area contributed by atoms with Crippen LogP contribution in [0.1, 0.15) is 0 Å². The summed E-state index contributed by atoms with van der Waals surface area (Å²) < 4.78 is 17.3. The zero-order chi connectivity index (χ0) is 21.2. The third-order valence-corrected chi connectivity index (χ3v) is 6.60. The predicted octanol–water partition coefficient (Wildman–Crippen LogP) is 3.04. The number of benzene rings is 2. The first-order valence-corrected chi connectivity index (χ1v) is 10.6. The van der Waals surface area contributed by atoms with E-state index in [2.05, 4.69) is 5.32 Å². The average Bonchev–Trinajstić information content (AvgIpc) is 3.42. The van der Waals surface area contributed by atoms with E-state index in [0.717, 1.165) is 5.69 Å². The molecule has 2 aromatic rings. The summed E-state index contributed by atoms with van der Waals surface area (Å²) in [5.74, 6) is -0.298. The molecule has 2 fully saturated rings. The van der Waals surface area contributed by atoms with Crippen molar-refractivity contribution in [1.82, 2.24) is 0 Å². The van der Waals surface area contributed by atoms with Gasteiger partial charge >= 0.3 is 0 Å². The first-order valence-electron chi connectivity index (χ1n) is 10.2. The van der Waals surface area contributed by atoms with Crippen molar-refractivity contribution >= 4 is 34.8 Å². The molecule has 4 aliphatic rings. The number of amides is 2. The molecule has 4 aliphatic heterocycles. The van der Waals surface area contributed by atoms with Crippen molar-refractivity contribution in [3.05, 3.63) is 59.6 Å². The molecule has 0 aliphatic carbocycles. The first kappa shape index (κ1) is 18.7. The van der Waals surface area contributed by atoms with Crippen LogP contribution in [0.2, 0.25) is 5.02 Å². The fourth-order valence-electron chi connectivity index (χ4n) is 4.98. The molecule has 1 N–H and O–H groups in total. The van der Waals surface area contributed by atoms with Gasteiger partial charge in [-0.3, -0.25) is 9.59 Å². The molecule has 158 valence electrons. The number of nitrogens with one attached hydrogen (secondary N) is 1. The molecule has 0 radical (unpaired) electrons. The zero-order valence-electron chi connectivity index (χ0n) is 16.4. The number of anilines is 2. The van der Waals surface area contributed by atoms with E-state index < -0.39 is 23.5 Å². The van der Waals surface area contributed by atoms with Crippen molar-refractivity contribution in [3.8, 4) is 11.5 Å². The summed E-state index contributed by atoms with van der Waals surface area (Å²) >= 11 is 5.99. The lowest BCUT2D eigenvalue weighted by Gasteiger charge is -2.24. The maximum Gasteiger partial charge on any atom is 0.234 e. The van der Waals surface area contributed by atoms with Gasteiger partial charge in [0.25, 0.3) is 0 Å². The third kappa shape index (κ3) is 2.84. The Bertz CT molecular complexity index is 1120. The highest BCUT2D eigenvalue weighted by Gasteiger charge is 2.67. The summed E-state index contributed by atoms with van der Waals surface area (Å²) in [6.45, 7) is 1.34. The van der Waals surface area contributed by atoms with Gasteiger partial charge in [-0.05, 0) is 36.4 Å². The molecule has 4 heterocycles. The lowest BCUT2D eigenvalue weighted by Crippen LogP contribution is -2.41. The summed E-state index contributed by atoms with van der Waals surface area (Å²) in [6.07, 6.45) is 3.41. The average molecular weight is 439 g/mol. The van der Waals surface area contributed by atoms with Gasteiger partial charge in [-0.2, -0.15) is 0 Å². The van der Waals surface area contributed by atoms with Crippen molar-refractivity contribution < 1.29 is 23.8 Å². The fraction of sp³-hybridized carbons (Fsp3) is 0.304. The number of carbonyl (C=O) groups excluding carboxylic acids is 2. The fourth-order valence-corrected chi connectivity index (χ4v) is 5.11. The summed E-state index contributed by atoms with van der Waals surface area (Å²) in [4.78, 5) is 28.3. The predicted molar refractivity (Wildman–Crippen MR) is 114 cm³/mol. The summed E-state index contributed by atoms with van der Waals surface area (Å²) in [6, 6.07) is 12.4. The van der Waals surface area contributed by atoms with Crippen molar-refractivity contribution in [2.24, 2.45) is 11.8 Å². The van der Waals surface area contributed by atoms with Crippen molar-refractivity contribution in [2.45, 2.75) is 11.7 Å². The minimum atomic E-state index is -0.782. The Kier molecular flexibility index (Phi) is 4.07. The molecule has 31 heavy (non-hydrogen) atoms. The van der Waals surface area contributed by atoms with E-state index in [0.29, 0.717) is 42.0 Å². The Morgan fingerprint density at radius 2 is 1.87 bits per heavy atom. The van der Waals surface area contributed by atoms with Crippen LogP contribution in [-0.2, 0) is 14.3 Å². The number of hydrogen-bond acceptors (Lipinski definition) is 5. The van der Waals surface area contributed by atoms with E-state index in [1.807, 2.05) is 12.2 Å². The minimum absolute atomic E-state index is 0.114. The van der Waals surface area contributed by atoms with E-state index >= 15 is 0 Å². The Balaban J connectivity index is 1.27. The maximum atomic E-state index is 13.4. The molecule has 2 amide bonds. The first-order chi connectivity index (χ1) is 15.0. The van der Waals surface area contributed by atoms with Gasteiger partial charge < -0.3 is 24.4 Å². The van der Waals surface area contributed by atoms with Crippen LogP contribution in [0.15, 0.2) is 54.6 Å². The number of nitrogens with zero attached hydrogens (tertiary/aromatic N) is 1. The van der Waals surface area contributed by atoms with E-state index in [1.165, 1.54) is 0 Å².